The van der Waals surface area contributed by atoms with E-state index in [1.54, 1.807) is 22.9 Å². The van der Waals surface area contributed by atoms with Gasteiger partial charge in [0.05, 0.1) is 16.8 Å². The Morgan fingerprint density at radius 1 is 1.14 bits per heavy atom. The van der Waals surface area contributed by atoms with Crippen molar-refractivity contribution in [3.63, 3.8) is 0 Å². The topological polar surface area (TPSA) is 81.6 Å². The third kappa shape index (κ3) is 3.86. The van der Waals surface area contributed by atoms with Crippen LogP contribution < -0.4 is 11.1 Å². The molecule has 0 bridgehead atoms. The quantitative estimate of drug-likeness (QED) is 0.487. The van der Waals surface area contributed by atoms with Gasteiger partial charge in [-0.05, 0) is 42.3 Å². The molecule has 0 saturated carbocycles. The van der Waals surface area contributed by atoms with E-state index in [1.807, 2.05) is 18.2 Å². The van der Waals surface area contributed by atoms with E-state index in [0.717, 1.165) is 5.56 Å². The van der Waals surface area contributed by atoms with Crippen molar-refractivity contribution >= 4 is 34.4 Å². The Bertz CT molecular complexity index is 1170. The van der Waals surface area contributed by atoms with Crippen LogP contribution in [0, 0.1) is 11.7 Å². The molecule has 0 saturated heterocycles. The molecule has 0 fully saturated rings. The summed E-state index contributed by atoms with van der Waals surface area (Å²) in [6, 6.07) is 13.3. The van der Waals surface area contributed by atoms with Crippen LogP contribution in [0.4, 0.5) is 16.2 Å². The number of aromatic nitrogens is 4. The van der Waals surface area contributed by atoms with E-state index in [0.29, 0.717) is 51.7 Å². The van der Waals surface area contributed by atoms with Gasteiger partial charge in [0.15, 0.2) is 5.65 Å². The van der Waals surface area contributed by atoms with Crippen molar-refractivity contribution in [2.45, 2.75) is 13.8 Å². The second kappa shape index (κ2) is 7.67. The normalized spacial score (nSPS) is 11.3. The Hall–Kier alpha value is -3.19. The number of hydrogen-bond donors (Lipinski definition) is 2. The maximum absolute atomic E-state index is 13.3. The van der Waals surface area contributed by atoms with Crippen molar-refractivity contribution in [3.8, 4) is 16.9 Å². The molecule has 2 aromatic heterocycles. The summed E-state index contributed by atoms with van der Waals surface area (Å²) in [7, 11) is 0. The van der Waals surface area contributed by atoms with E-state index < -0.39 is 0 Å². The highest BCUT2D eigenvalue weighted by Gasteiger charge is 2.19. The molecule has 29 heavy (non-hydrogen) atoms. The van der Waals surface area contributed by atoms with Gasteiger partial charge in [0.2, 0.25) is 5.95 Å². The highest BCUT2D eigenvalue weighted by atomic mass is 35.5. The maximum atomic E-state index is 13.3. The van der Waals surface area contributed by atoms with Gasteiger partial charge < -0.3 is 11.1 Å². The zero-order valence-corrected chi connectivity index (χ0v) is 16.8. The number of nitrogens with two attached hydrogens (primary N) is 1. The number of halogens is 2. The number of fused-ring (bicyclic) bond motifs is 1. The van der Waals surface area contributed by atoms with E-state index in [4.69, 9.17) is 22.3 Å². The zero-order chi connectivity index (χ0) is 20.5. The van der Waals surface area contributed by atoms with Crippen LogP contribution in [0.15, 0.2) is 48.5 Å². The lowest BCUT2D eigenvalue weighted by atomic mass is 10.1. The summed E-state index contributed by atoms with van der Waals surface area (Å²) in [5, 5.41) is 9.01. The second-order valence-corrected chi connectivity index (χ2v) is 7.59. The molecule has 4 aromatic rings. The van der Waals surface area contributed by atoms with Crippen LogP contribution in [-0.4, -0.2) is 26.3 Å². The molecule has 6 nitrogen and oxygen atoms in total. The summed E-state index contributed by atoms with van der Waals surface area (Å²) < 4.78 is 14.9. The molecule has 0 atom stereocenters. The van der Waals surface area contributed by atoms with Crippen molar-refractivity contribution in [3.05, 3.63) is 59.4 Å². The minimum atomic E-state index is -0.330. The van der Waals surface area contributed by atoms with Crippen LogP contribution in [0.2, 0.25) is 5.02 Å². The number of benzene rings is 2. The molecule has 148 valence electrons. The molecule has 0 aliphatic carbocycles. The van der Waals surface area contributed by atoms with Gasteiger partial charge in [0, 0.05) is 17.1 Å². The Morgan fingerprint density at radius 3 is 2.59 bits per heavy atom. The third-order valence-corrected chi connectivity index (χ3v) is 4.64. The molecule has 0 amide bonds. The predicted molar refractivity (Wildman–Crippen MR) is 115 cm³/mol. The van der Waals surface area contributed by atoms with Crippen molar-refractivity contribution in [2.24, 2.45) is 5.92 Å². The lowest BCUT2D eigenvalue weighted by Crippen LogP contribution is -2.11. The first-order valence-corrected chi connectivity index (χ1v) is 9.62. The molecule has 0 spiro atoms. The predicted octanol–water partition coefficient (Wildman–Crippen LogP) is 4.93. The Balaban J connectivity index is 1.93. The first-order valence-electron chi connectivity index (χ1n) is 9.24. The first-order chi connectivity index (χ1) is 13.9. The van der Waals surface area contributed by atoms with Gasteiger partial charge in [0.25, 0.3) is 0 Å². The molecule has 0 radical (unpaired) electrons. The average Bonchev–Trinajstić information content (AvgIpc) is 3.03. The van der Waals surface area contributed by atoms with Gasteiger partial charge in [-0.25, -0.2) is 14.1 Å². The van der Waals surface area contributed by atoms with Crippen LogP contribution in [0.1, 0.15) is 13.8 Å². The lowest BCUT2D eigenvalue weighted by Gasteiger charge is -2.10. The van der Waals surface area contributed by atoms with E-state index >= 15 is 0 Å². The maximum Gasteiger partial charge on any atom is 0.225 e. The Labute approximate surface area is 172 Å². The SMILES string of the molecule is CC(C)CNc1nc(-c2cccc(Cl)c2)c2c(N)n(-c3ccc(F)cc3)nc2n1. The first kappa shape index (κ1) is 19.1. The molecule has 2 aromatic carbocycles. The van der Waals surface area contributed by atoms with Crippen LogP contribution in [0.25, 0.3) is 28.0 Å². The van der Waals surface area contributed by atoms with Gasteiger partial charge >= 0.3 is 0 Å². The summed E-state index contributed by atoms with van der Waals surface area (Å²) in [4.78, 5) is 9.23. The number of nitrogen functional groups attached to an aromatic ring is 1. The molecular formula is C21H20ClFN6. The summed E-state index contributed by atoms with van der Waals surface area (Å²) in [6.07, 6.45) is 0. The second-order valence-electron chi connectivity index (χ2n) is 7.15. The van der Waals surface area contributed by atoms with Gasteiger partial charge in [-0.2, -0.15) is 4.98 Å². The van der Waals surface area contributed by atoms with E-state index in [1.165, 1.54) is 12.1 Å². The van der Waals surface area contributed by atoms with Gasteiger partial charge in [0.1, 0.15) is 11.6 Å². The molecule has 4 rings (SSSR count). The number of rotatable bonds is 5. The molecule has 2 heterocycles. The monoisotopic (exact) mass is 410 g/mol. The van der Waals surface area contributed by atoms with Crippen molar-refractivity contribution < 1.29 is 4.39 Å². The molecule has 0 aliphatic heterocycles. The average molecular weight is 411 g/mol. The highest BCUT2D eigenvalue weighted by Crippen LogP contribution is 2.33. The van der Waals surface area contributed by atoms with Crippen LogP contribution in [-0.2, 0) is 0 Å². The van der Waals surface area contributed by atoms with E-state index in [9.17, 15) is 4.39 Å². The van der Waals surface area contributed by atoms with E-state index in [2.05, 4.69) is 29.2 Å². The van der Waals surface area contributed by atoms with Crippen molar-refractivity contribution in [1.82, 2.24) is 19.7 Å². The number of nitrogens with one attached hydrogen (secondary N) is 1. The fourth-order valence-corrected chi connectivity index (χ4v) is 3.20. The van der Waals surface area contributed by atoms with E-state index in [-0.39, 0.29) is 5.82 Å². The largest absolute Gasteiger partial charge is 0.383 e. The lowest BCUT2D eigenvalue weighted by molar-refractivity contribution is 0.627. The zero-order valence-electron chi connectivity index (χ0n) is 16.0. The molecule has 0 aliphatic rings. The van der Waals surface area contributed by atoms with Crippen LogP contribution >= 0.6 is 11.6 Å². The number of hydrogen-bond acceptors (Lipinski definition) is 5. The molecule has 3 N–H and O–H groups in total. The minimum absolute atomic E-state index is 0.330. The van der Waals surface area contributed by atoms with Crippen LogP contribution in [0.5, 0.6) is 0 Å². The fourth-order valence-electron chi connectivity index (χ4n) is 3.01. The Morgan fingerprint density at radius 2 is 1.90 bits per heavy atom. The highest BCUT2D eigenvalue weighted by molar-refractivity contribution is 6.30. The van der Waals surface area contributed by atoms with Crippen molar-refractivity contribution in [1.29, 1.82) is 0 Å². The minimum Gasteiger partial charge on any atom is -0.383 e. The number of anilines is 2. The standard InChI is InChI=1S/C21H20ClFN6/c1-12(2)11-25-21-26-18(13-4-3-5-14(22)10-13)17-19(24)29(28-20(17)27-21)16-8-6-15(23)7-9-16/h3-10,12H,11,24H2,1-2H3,(H,25,27,28). The molecule has 8 heteroatoms. The smallest absolute Gasteiger partial charge is 0.225 e. The Kier molecular flexibility index (Phi) is 5.07. The van der Waals surface area contributed by atoms with Gasteiger partial charge in [-0.1, -0.05) is 37.6 Å². The molecular weight excluding hydrogens is 391 g/mol. The van der Waals surface area contributed by atoms with Crippen molar-refractivity contribution in [2.75, 3.05) is 17.6 Å². The number of nitrogens with zero attached hydrogens (tertiary/aromatic N) is 4. The fraction of sp³-hybridized carbons (Fsp3) is 0.190. The third-order valence-electron chi connectivity index (χ3n) is 4.41. The van der Waals surface area contributed by atoms with Gasteiger partial charge in [-0.3, -0.25) is 0 Å². The summed E-state index contributed by atoms with van der Waals surface area (Å²) in [6.45, 7) is 4.92. The summed E-state index contributed by atoms with van der Waals surface area (Å²) >= 11 is 6.20. The summed E-state index contributed by atoms with van der Waals surface area (Å²) in [5.74, 6) is 0.927. The summed E-state index contributed by atoms with van der Waals surface area (Å²) in [5.41, 5.74) is 8.96. The van der Waals surface area contributed by atoms with Crippen LogP contribution in [0.3, 0.4) is 0 Å². The molecule has 0 unspecified atom stereocenters. The van der Waals surface area contributed by atoms with Gasteiger partial charge in [-0.15, -0.1) is 5.10 Å².